The first-order valence-corrected chi connectivity index (χ1v) is 11.4. The monoisotopic (exact) mass is 526 g/mol. The van der Waals surface area contributed by atoms with Gasteiger partial charge in [-0.2, -0.15) is 5.26 Å². The summed E-state index contributed by atoms with van der Waals surface area (Å²) in [5.74, 6) is -0.334. The average molecular weight is 528 g/mol. The number of ether oxygens (including phenoxy) is 1. The molecule has 7 heteroatoms. The van der Waals surface area contributed by atoms with Crippen molar-refractivity contribution in [2.24, 2.45) is 0 Å². The van der Waals surface area contributed by atoms with Crippen molar-refractivity contribution in [3.05, 3.63) is 104 Å². The van der Waals surface area contributed by atoms with E-state index in [4.69, 9.17) is 16.3 Å². The molecule has 0 heterocycles. The molecule has 0 aliphatic carbocycles. The van der Waals surface area contributed by atoms with Crippen LogP contribution < -0.4 is 10.1 Å². The number of benzene rings is 3. The van der Waals surface area contributed by atoms with Crippen LogP contribution >= 0.6 is 27.5 Å². The summed E-state index contributed by atoms with van der Waals surface area (Å²) in [6.45, 7) is 0.677. The molecule has 168 valence electrons. The Hall–Kier alpha value is -3.14. The maximum absolute atomic E-state index is 13.0. The quantitative estimate of drug-likeness (QED) is 0.197. The molecule has 0 saturated heterocycles. The highest BCUT2D eigenvalue weighted by Gasteiger charge is 2.12. The molecule has 1 N–H and O–H groups in total. The molecule has 0 saturated carbocycles. The number of carbonyl (C=O) groups excluding carboxylic acids is 1. The Kier molecular flexibility index (Phi) is 9.05. The zero-order valence-corrected chi connectivity index (χ0v) is 20.0. The summed E-state index contributed by atoms with van der Waals surface area (Å²) >= 11 is 9.79. The standard InChI is InChI=1S/C26H21BrClFN2O2/c27-23-14-20(15-24(28)25(23)33-17-19-8-10-22(29)11-9-19)13-21(16-30)26(32)31-12-4-7-18-5-2-1-3-6-18/h1-3,5-6,8-11,13-15H,4,7,12,17H2,(H,31,32)/b21-13-. The van der Waals surface area contributed by atoms with Gasteiger partial charge in [-0.15, -0.1) is 0 Å². The molecule has 3 rings (SSSR count). The third-order valence-corrected chi connectivity index (χ3v) is 5.63. The van der Waals surface area contributed by atoms with Crippen LogP contribution in [-0.4, -0.2) is 12.5 Å². The minimum absolute atomic E-state index is 0.0161. The zero-order valence-electron chi connectivity index (χ0n) is 17.7. The predicted octanol–water partition coefficient (Wildman–Crippen LogP) is 6.48. The zero-order chi connectivity index (χ0) is 23.6. The fourth-order valence-corrected chi connectivity index (χ4v) is 4.08. The second-order valence-electron chi connectivity index (χ2n) is 7.24. The summed E-state index contributed by atoms with van der Waals surface area (Å²) in [6, 6.07) is 21.3. The van der Waals surface area contributed by atoms with E-state index in [1.807, 2.05) is 36.4 Å². The summed E-state index contributed by atoms with van der Waals surface area (Å²) in [7, 11) is 0. The number of amides is 1. The summed E-state index contributed by atoms with van der Waals surface area (Å²) in [4.78, 5) is 12.4. The number of nitrogens with one attached hydrogen (secondary N) is 1. The largest absolute Gasteiger partial charge is 0.486 e. The van der Waals surface area contributed by atoms with Crippen LogP contribution in [0.15, 0.2) is 76.8 Å². The van der Waals surface area contributed by atoms with E-state index in [1.54, 1.807) is 24.3 Å². The van der Waals surface area contributed by atoms with Crippen molar-refractivity contribution >= 4 is 39.5 Å². The van der Waals surface area contributed by atoms with Crippen molar-refractivity contribution < 1.29 is 13.9 Å². The van der Waals surface area contributed by atoms with E-state index in [9.17, 15) is 14.4 Å². The number of hydrogen-bond donors (Lipinski definition) is 1. The summed E-state index contributed by atoms with van der Waals surface area (Å²) in [5, 5.41) is 12.5. The van der Waals surface area contributed by atoms with E-state index in [0.717, 1.165) is 18.4 Å². The highest BCUT2D eigenvalue weighted by molar-refractivity contribution is 9.10. The molecule has 0 aliphatic heterocycles. The Morgan fingerprint density at radius 2 is 1.85 bits per heavy atom. The van der Waals surface area contributed by atoms with Crippen molar-refractivity contribution in [1.29, 1.82) is 5.26 Å². The second kappa shape index (κ2) is 12.2. The van der Waals surface area contributed by atoms with Crippen LogP contribution in [0.3, 0.4) is 0 Å². The van der Waals surface area contributed by atoms with Crippen molar-refractivity contribution in [3.63, 3.8) is 0 Å². The highest BCUT2D eigenvalue weighted by Crippen LogP contribution is 2.35. The lowest BCUT2D eigenvalue weighted by atomic mass is 10.1. The molecule has 0 fully saturated rings. The maximum Gasteiger partial charge on any atom is 0.261 e. The Bertz CT molecular complexity index is 1150. The number of nitriles is 1. The van der Waals surface area contributed by atoms with Gasteiger partial charge in [0, 0.05) is 6.54 Å². The molecule has 33 heavy (non-hydrogen) atoms. The van der Waals surface area contributed by atoms with E-state index in [0.29, 0.717) is 27.4 Å². The lowest BCUT2D eigenvalue weighted by molar-refractivity contribution is -0.117. The van der Waals surface area contributed by atoms with Gasteiger partial charge in [0.15, 0.2) is 5.75 Å². The number of rotatable bonds is 9. The Balaban J connectivity index is 1.60. The van der Waals surface area contributed by atoms with Gasteiger partial charge in [-0.25, -0.2) is 4.39 Å². The minimum Gasteiger partial charge on any atom is -0.486 e. The van der Waals surface area contributed by atoms with Gasteiger partial charge in [-0.3, -0.25) is 4.79 Å². The van der Waals surface area contributed by atoms with E-state index < -0.39 is 5.91 Å². The number of carbonyl (C=O) groups is 1. The van der Waals surface area contributed by atoms with E-state index in [2.05, 4.69) is 21.2 Å². The number of nitrogens with zero attached hydrogens (tertiary/aromatic N) is 1. The summed E-state index contributed by atoms with van der Waals surface area (Å²) < 4.78 is 19.4. The van der Waals surface area contributed by atoms with Crippen LogP contribution in [0, 0.1) is 17.1 Å². The van der Waals surface area contributed by atoms with Crippen LogP contribution in [0.1, 0.15) is 23.1 Å². The van der Waals surface area contributed by atoms with Crippen LogP contribution in [0.4, 0.5) is 4.39 Å². The molecule has 0 bridgehead atoms. The smallest absolute Gasteiger partial charge is 0.261 e. The molecule has 0 aliphatic rings. The SMILES string of the molecule is N#C/C(=C/c1cc(Cl)c(OCc2ccc(F)cc2)c(Br)c1)C(=O)NCCCc1ccccc1. The van der Waals surface area contributed by atoms with Crippen LogP contribution in [0.2, 0.25) is 5.02 Å². The number of hydrogen-bond acceptors (Lipinski definition) is 3. The first-order valence-electron chi connectivity index (χ1n) is 10.3. The lowest BCUT2D eigenvalue weighted by Crippen LogP contribution is -2.25. The highest BCUT2D eigenvalue weighted by atomic mass is 79.9. The van der Waals surface area contributed by atoms with Gasteiger partial charge in [-0.1, -0.05) is 54.1 Å². The molecule has 3 aromatic carbocycles. The van der Waals surface area contributed by atoms with Gasteiger partial charge in [0.25, 0.3) is 5.91 Å². The second-order valence-corrected chi connectivity index (χ2v) is 8.51. The predicted molar refractivity (Wildman–Crippen MR) is 131 cm³/mol. The van der Waals surface area contributed by atoms with Gasteiger partial charge < -0.3 is 10.1 Å². The van der Waals surface area contributed by atoms with Gasteiger partial charge in [0.05, 0.1) is 9.50 Å². The molecule has 3 aromatic rings. The fraction of sp³-hybridized carbons (Fsp3) is 0.154. The van der Waals surface area contributed by atoms with Gasteiger partial charge in [0.1, 0.15) is 24.1 Å². The first kappa shape index (κ1) is 24.5. The lowest BCUT2D eigenvalue weighted by Gasteiger charge is -2.11. The Morgan fingerprint density at radius 3 is 2.52 bits per heavy atom. The molecule has 0 atom stereocenters. The van der Waals surface area contributed by atoms with Crippen molar-refractivity contribution in [3.8, 4) is 11.8 Å². The summed E-state index contributed by atoms with van der Waals surface area (Å²) in [6.07, 6.45) is 3.09. The Labute approximate surface area is 205 Å². The molecule has 4 nitrogen and oxygen atoms in total. The van der Waals surface area contributed by atoms with Crippen LogP contribution in [-0.2, 0) is 17.8 Å². The molecule has 0 radical (unpaired) electrons. The maximum atomic E-state index is 13.0. The third-order valence-electron chi connectivity index (χ3n) is 4.76. The number of aryl methyl sites for hydroxylation is 1. The molecular weight excluding hydrogens is 507 g/mol. The molecule has 0 unspecified atom stereocenters. The van der Waals surface area contributed by atoms with E-state index in [-0.39, 0.29) is 18.0 Å². The average Bonchev–Trinajstić information content (AvgIpc) is 2.81. The third kappa shape index (κ3) is 7.45. The van der Waals surface area contributed by atoms with E-state index >= 15 is 0 Å². The van der Waals surface area contributed by atoms with Crippen molar-refractivity contribution in [2.45, 2.75) is 19.4 Å². The molecular formula is C26H21BrClFN2O2. The van der Waals surface area contributed by atoms with Crippen molar-refractivity contribution in [1.82, 2.24) is 5.32 Å². The molecule has 0 spiro atoms. The van der Waals surface area contributed by atoms with Crippen LogP contribution in [0.25, 0.3) is 6.08 Å². The Morgan fingerprint density at radius 1 is 1.12 bits per heavy atom. The van der Waals surface area contributed by atoms with Crippen molar-refractivity contribution in [2.75, 3.05) is 6.54 Å². The number of halogens is 3. The van der Waals surface area contributed by atoms with Crippen LogP contribution in [0.5, 0.6) is 5.75 Å². The minimum atomic E-state index is -0.436. The van der Waals surface area contributed by atoms with Gasteiger partial charge >= 0.3 is 0 Å². The van der Waals surface area contributed by atoms with E-state index in [1.165, 1.54) is 23.8 Å². The molecule has 0 aromatic heterocycles. The molecule has 1 amide bonds. The summed E-state index contributed by atoms with van der Waals surface area (Å²) in [5.41, 5.74) is 2.55. The topological polar surface area (TPSA) is 62.1 Å². The van der Waals surface area contributed by atoms with Gasteiger partial charge in [0.2, 0.25) is 0 Å². The fourth-order valence-electron chi connectivity index (χ4n) is 3.09. The normalized spacial score (nSPS) is 11.0. The van der Waals surface area contributed by atoms with Gasteiger partial charge in [-0.05, 0) is 75.8 Å². The first-order chi connectivity index (χ1) is 16.0.